The second kappa shape index (κ2) is 3.71. The van der Waals surface area contributed by atoms with E-state index in [-0.39, 0.29) is 0 Å². The van der Waals surface area contributed by atoms with Gasteiger partial charge in [-0.1, -0.05) is 12.1 Å². The molecule has 0 saturated carbocycles. The van der Waals surface area contributed by atoms with E-state index in [2.05, 4.69) is 24.1 Å². The van der Waals surface area contributed by atoms with Gasteiger partial charge in [-0.15, -0.1) is 0 Å². The maximum absolute atomic E-state index is 9.03. The Labute approximate surface area is 84.8 Å². The maximum Gasteiger partial charge on any atom is 0.101 e. The van der Waals surface area contributed by atoms with Gasteiger partial charge in [-0.25, -0.2) is 0 Å². The highest BCUT2D eigenvalue weighted by Crippen LogP contribution is 2.28. The van der Waals surface area contributed by atoms with Crippen molar-refractivity contribution in [3.63, 3.8) is 0 Å². The van der Waals surface area contributed by atoms with Gasteiger partial charge in [-0.2, -0.15) is 5.26 Å². The van der Waals surface area contributed by atoms with E-state index in [1.54, 1.807) is 0 Å². The summed E-state index contributed by atoms with van der Waals surface area (Å²) in [7, 11) is 2.07. The summed E-state index contributed by atoms with van der Waals surface area (Å²) in [4.78, 5) is 2.21. The van der Waals surface area contributed by atoms with Crippen LogP contribution in [0, 0.1) is 11.3 Å². The number of anilines is 1. The Bertz CT molecular complexity index is 376. The van der Waals surface area contributed by atoms with Gasteiger partial charge < -0.3 is 4.90 Å². The normalized spacial score (nSPS) is 15.6. The van der Waals surface area contributed by atoms with Crippen molar-refractivity contribution < 1.29 is 0 Å². The van der Waals surface area contributed by atoms with Crippen LogP contribution < -0.4 is 4.90 Å². The highest BCUT2D eigenvalue weighted by atomic mass is 15.1. The Kier molecular flexibility index (Phi) is 2.41. The van der Waals surface area contributed by atoms with Crippen molar-refractivity contribution in [3.8, 4) is 6.07 Å². The molecular formula is C12H14N2. The Morgan fingerprint density at radius 1 is 1.36 bits per heavy atom. The van der Waals surface area contributed by atoms with Gasteiger partial charge in [0.1, 0.15) is 6.07 Å². The topological polar surface area (TPSA) is 27.0 Å². The molecule has 0 aliphatic carbocycles. The number of aryl methyl sites for hydroxylation is 1. The minimum absolute atomic E-state index is 0.812. The van der Waals surface area contributed by atoms with Crippen LogP contribution in [0.1, 0.15) is 24.0 Å². The summed E-state index contributed by atoms with van der Waals surface area (Å²) in [6.45, 7) is 1.06. The summed E-state index contributed by atoms with van der Waals surface area (Å²) < 4.78 is 0. The van der Waals surface area contributed by atoms with E-state index < -0.39 is 0 Å². The van der Waals surface area contributed by atoms with Crippen molar-refractivity contribution in [1.29, 1.82) is 5.26 Å². The molecule has 0 saturated heterocycles. The van der Waals surface area contributed by atoms with E-state index in [1.807, 2.05) is 12.1 Å². The molecule has 0 aromatic heterocycles. The van der Waals surface area contributed by atoms with E-state index in [4.69, 9.17) is 5.26 Å². The van der Waals surface area contributed by atoms with Gasteiger partial charge in [0.25, 0.3) is 0 Å². The third-order valence-corrected chi connectivity index (χ3v) is 2.81. The third-order valence-electron chi connectivity index (χ3n) is 2.81. The molecule has 0 fully saturated rings. The number of fused-ring (bicyclic) bond motifs is 1. The molecular weight excluding hydrogens is 172 g/mol. The zero-order valence-electron chi connectivity index (χ0n) is 8.45. The molecule has 0 N–H and O–H groups in total. The highest BCUT2D eigenvalue weighted by Gasteiger charge is 2.15. The molecule has 1 aromatic rings. The minimum atomic E-state index is 0.812. The molecule has 2 rings (SSSR count). The molecule has 1 heterocycles. The van der Waals surface area contributed by atoms with Gasteiger partial charge in [-0.05, 0) is 30.9 Å². The number of nitriles is 1. The molecule has 72 valence electrons. The van der Waals surface area contributed by atoms with E-state index >= 15 is 0 Å². The van der Waals surface area contributed by atoms with Gasteiger partial charge >= 0.3 is 0 Å². The van der Waals surface area contributed by atoms with Gasteiger partial charge in [0.05, 0.1) is 11.3 Å². The molecule has 1 aliphatic rings. The first-order valence-corrected chi connectivity index (χ1v) is 5.06. The number of benzene rings is 1. The van der Waals surface area contributed by atoms with E-state index in [1.165, 1.54) is 18.4 Å². The Morgan fingerprint density at radius 2 is 2.21 bits per heavy atom. The van der Waals surface area contributed by atoms with Crippen molar-refractivity contribution >= 4 is 5.69 Å². The van der Waals surface area contributed by atoms with Gasteiger partial charge in [0.15, 0.2) is 0 Å². The first kappa shape index (κ1) is 9.08. The lowest BCUT2D eigenvalue weighted by atomic mass is 10.0. The predicted molar refractivity (Wildman–Crippen MR) is 57.4 cm³/mol. The van der Waals surface area contributed by atoms with Crippen LogP contribution in [0.5, 0.6) is 0 Å². The van der Waals surface area contributed by atoms with Crippen molar-refractivity contribution in [1.82, 2.24) is 0 Å². The van der Waals surface area contributed by atoms with Gasteiger partial charge in [-0.3, -0.25) is 0 Å². The average Bonchev–Trinajstić information content (AvgIpc) is 2.40. The summed E-state index contributed by atoms with van der Waals surface area (Å²) in [5.74, 6) is 0. The van der Waals surface area contributed by atoms with E-state index in [9.17, 15) is 0 Å². The van der Waals surface area contributed by atoms with E-state index in [0.717, 1.165) is 24.2 Å². The van der Waals surface area contributed by atoms with Crippen LogP contribution in [0.3, 0.4) is 0 Å². The number of hydrogen-bond donors (Lipinski definition) is 0. The third kappa shape index (κ3) is 1.46. The molecule has 0 radical (unpaired) electrons. The van der Waals surface area contributed by atoms with Crippen LogP contribution in [0.4, 0.5) is 5.69 Å². The summed E-state index contributed by atoms with van der Waals surface area (Å²) in [5, 5.41) is 9.03. The molecule has 0 amide bonds. The SMILES string of the molecule is CN1CCCCc2cccc(C#N)c21. The lowest BCUT2D eigenvalue weighted by Crippen LogP contribution is -2.18. The van der Waals surface area contributed by atoms with Crippen LogP contribution in [0.15, 0.2) is 18.2 Å². The van der Waals surface area contributed by atoms with Crippen LogP contribution in [0.25, 0.3) is 0 Å². The maximum atomic E-state index is 9.03. The lowest BCUT2D eigenvalue weighted by molar-refractivity contribution is 0.750. The van der Waals surface area contributed by atoms with Crippen LogP contribution >= 0.6 is 0 Å². The molecule has 1 aliphatic heterocycles. The zero-order valence-corrected chi connectivity index (χ0v) is 8.45. The fourth-order valence-electron chi connectivity index (χ4n) is 2.11. The van der Waals surface area contributed by atoms with Gasteiger partial charge in [0.2, 0.25) is 0 Å². The first-order valence-electron chi connectivity index (χ1n) is 5.06. The average molecular weight is 186 g/mol. The fraction of sp³-hybridized carbons (Fsp3) is 0.417. The smallest absolute Gasteiger partial charge is 0.101 e. The van der Waals surface area contributed by atoms with Crippen molar-refractivity contribution in [2.45, 2.75) is 19.3 Å². The zero-order chi connectivity index (χ0) is 9.97. The van der Waals surface area contributed by atoms with Crippen LogP contribution in [0.2, 0.25) is 0 Å². The molecule has 2 nitrogen and oxygen atoms in total. The van der Waals surface area contributed by atoms with Crippen molar-refractivity contribution in [2.75, 3.05) is 18.5 Å². The van der Waals surface area contributed by atoms with Crippen molar-refractivity contribution in [3.05, 3.63) is 29.3 Å². The largest absolute Gasteiger partial charge is 0.373 e. The fourth-order valence-corrected chi connectivity index (χ4v) is 2.11. The number of para-hydroxylation sites is 1. The standard InChI is InChI=1S/C12H14N2/c1-14-8-3-2-5-10-6-4-7-11(9-13)12(10)14/h4,6-7H,2-3,5,8H2,1H3. The lowest BCUT2D eigenvalue weighted by Gasteiger charge is -2.20. The van der Waals surface area contributed by atoms with Gasteiger partial charge in [0, 0.05) is 13.6 Å². The number of rotatable bonds is 0. The molecule has 2 heteroatoms. The second-order valence-corrected chi connectivity index (χ2v) is 3.80. The number of nitrogens with zero attached hydrogens (tertiary/aromatic N) is 2. The second-order valence-electron chi connectivity index (χ2n) is 3.80. The predicted octanol–water partition coefficient (Wildman–Crippen LogP) is 2.33. The first-order chi connectivity index (χ1) is 6.83. The molecule has 14 heavy (non-hydrogen) atoms. The molecule has 0 spiro atoms. The Hall–Kier alpha value is -1.49. The molecule has 0 bridgehead atoms. The Balaban J connectivity index is 2.54. The van der Waals surface area contributed by atoms with Crippen molar-refractivity contribution in [2.24, 2.45) is 0 Å². The summed E-state index contributed by atoms with van der Waals surface area (Å²) >= 11 is 0. The van der Waals surface area contributed by atoms with Crippen LogP contribution in [-0.4, -0.2) is 13.6 Å². The summed E-state index contributed by atoms with van der Waals surface area (Å²) in [6, 6.07) is 8.29. The molecule has 0 unspecified atom stereocenters. The summed E-state index contributed by atoms with van der Waals surface area (Å²) in [6.07, 6.45) is 3.55. The summed E-state index contributed by atoms with van der Waals surface area (Å²) in [5.41, 5.74) is 3.28. The number of hydrogen-bond acceptors (Lipinski definition) is 2. The minimum Gasteiger partial charge on any atom is -0.373 e. The highest BCUT2D eigenvalue weighted by molar-refractivity contribution is 5.64. The quantitative estimate of drug-likeness (QED) is 0.621. The van der Waals surface area contributed by atoms with Crippen LogP contribution in [-0.2, 0) is 6.42 Å². The molecule has 1 aromatic carbocycles. The monoisotopic (exact) mass is 186 g/mol. The molecule has 0 atom stereocenters. The Morgan fingerprint density at radius 3 is 3.00 bits per heavy atom. The van der Waals surface area contributed by atoms with E-state index in [0.29, 0.717) is 0 Å².